The first-order valence-corrected chi connectivity index (χ1v) is 5.29. The molecule has 0 aliphatic carbocycles. The molecule has 1 aromatic carbocycles. The number of fused-ring (bicyclic) bond motifs is 1. The lowest BCUT2D eigenvalue weighted by Crippen LogP contribution is -1.89. The zero-order chi connectivity index (χ0) is 12.5. The molecule has 2 aromatic heterocycles. The Kier molecular flexibility index (Phi) is 2.26. The predicted octanol–water partition coefficient (Wildman–Crippen LogP) is 2.53. The second-order valence-corrected chi connectivity index (χ2v) is 3.79. The highest BCUT2D eigenvalue weighted by atomic mass is 16.6. The van der Waals surface area contributed by atoms with Crippen LogP contribution < -0.4 is 0 Å². The van der Waals surface area contributed by atoms with E-state index in [0.717, 1.165) is 11.3 Å². The lowest BCUT2D eigenvalue weighted by Gasteiger charge is -1.97. The van der Waals surface area contributed by atoms with Crippen LogP contribution in [0.2, 0.25) is 0 Å². The van der Waals surface area contributed by atoms with Crippen molar-refractivity contribution in [1.82, 2.24) is 15.2 Å². The summed E-state index contributed by atoms with van der Waals surface area (Å²) in [6.45, 7) is 0. The third-order valence-corrected chi connectivity index (χ3v) is 2.67. The Morgan fingerprint density at radius 1 is 1.22 bits per heavy atom. The molecule has 3 rings (SSSR count). The van der Waals surface area contributed by atoms with Crippen molar-refractivity contribution in [3.05, 3.63) is 52.7 Å². The Balaban J connectivity index is 2.24. The summed E-state index contributed by atoms with van der Waals surface area (Å²) in [5.41, 5.74) is 2.09. The molecule has 0 radical (unpaired) electrons. The second-order valence-electron chi connectivity index (χ2n) is 3.79. The van der Waals surface area contributed by atoms with Gasteiger partial charge < -0.3 is 0 Å². The molecule has 3 aromatic rings. The number of nitrogens with one attached hydrogen (secondary N) is 1. The van der Waals surface area contributed by atoms with Gasteiger partial charge in [-0.05, 0) is 0 Å². The van der Waals surface area contributed by atoms with Crippen molar-refractivity contribution in [2.45, 2.75) is 0 Å². The highest BCUT2D eigenvalue weighted by molar-refractivity contribution is 5.91. The summed E-state index contributed by atoms with van der Waals surface area (Å²) in [5, 5.41) is 18.3. The Hall–Kier alpha value is -2.76. The van der Waals surface area contributed by atoms with Crippen LogP contribution in [0.4, 0.5) is 5.69 Å². The monoisotopic (exact) mass is 240 g/mol. The Morgan fingerprint density at radius 3 is 2.72 bits per heavy atom. The van der Waals surface area contributed by atoms with Crippen LogP contribution in [-0.4, -0.2) is 20.1 Å². The largest absolute Gasteiger partial charge is 0.288 e. The van der Waals surface area contributed by atoms with Crippen LogP contribution in [0.25, 0.3) is 22.3 Å². The fourth-order valence-corrected chi connectivity index (χ4v) is 1.81. The maximum atomic E-state index is 10.7. The Bertz CT molecular complexity index is 721. The average Bonchev–Trinajstić information content (AvgIpc) is 2.82. The van der Waals surface area contributed by atoms with Crippen LogP contribution in [0.1, 0.15) is 0 Å². The Morgan fingerprint density at radius 2 is 2.00 bits per heavy atom. The summed E-state index contributed by atoms with van der Waals surface area (Å²) in [7, 11) is 0. The van der Waals surface area contributed by atoms with Crippen LogP contribution >= 0.6 is 0 Å². The van der Waals surface area contributed by atoms with Gasteiger partial charge in [-0.1, -0.05) is 30.3 Å². The van der Waals surface area contributed by atoms with Gasteiger partial charge in [0.25, 0.3) is 5.69 Å². The van der Waals surface area contributed by atoms with E-state index in [1.165, 1.54) is 12.3 Å². The number of H-pyrrole nitrogens is 1. The minimum atomic E-state index is -0.464. The molecule has 1 N–H and O–H groups in total. The maximum Gasteiger partial charge on any atom is 0.288 e. The van der Waals surface area contributed by atoms with E-state index in [2.05, 4.69) is 15.2 Å². The summed E-state index contributed by atoms with van der Waals surface area (Å²) in [4.78, 5) is 14.2. The first-order chi connectivity index (χ1) is 8.75. The van der Waals surface area contributed by atoms with Gasteiger partial charge >= 0.3 is 0 Å². The minimum absolute atomic E-state index is 0.0407. The van der Waals surface area contributed by atoms with Gasteiger partial charge in [-0.25, -0.2) is 4.98 Å². The van der Waals surface area contributed by atoms with Crippen LogP contribution in [0, 0.1) is 10.1 Å². The van der Waals surface area contributed by atoms with Gasteiger partial charge in [0, 0.05) is 11.6 Å². The van der Waals surface area contributed by atoms with Crippen molar-refractivity contribution in [2.24, 2.45) is 0 Å². The SMILES string of the molecule is O=[N+]([O-])c1cnc2n[nH]c(-c3ccccc3)c2c1. The molecule has 2 heterocycles. The zero-order valence-corrected chi connectivity index (χ0v) is 9.20. The molecule has 0 saturated carbocycles. The van der Waals surface area contributed by atoms with Crippen LogP contribution in [0.5, 0.6) is 0 Å². The molecule has 6 nitrogen and oxygen atoms in total. The zero-order valence-electron chi connectivity index (χ0n) is 9.20. The molecule has 0 fully saturated rings. The summed E-state index contributed by atoms with van der Waals surface area (Å²) in [5.74, 6) is 0. The van der Waals surface area contributed by atoms with Gasteiger partial charge in [-0.15, -0.1) is 0 Å². The quantitative estimate of drug-likeness (QED) is 0.551. The van der Waals surface area contributed by atoms with Crippen molar-refractivity contribution in [3.63, 3.8) is 0 Å². The normalized spacial score (nSPS) is 10.7. The molecule has 0 aliphatic rings. The van der Waals surface area contributed by atoms with E-state index >= 15 is 0 Å². The molecule has 18 heavy (non-hydrogen) atoms. The topological polar surface area (TPSA) is 84.7 Å². The highest BCUT2D eigenvalue weighted by Gasteiger charge is 2.13. The van der Waals surface area contributed by atoms with Gasteiger partial charge in [-0.3, -0.25) is 15.2 Å². The van der Waals surface area contributed by atoms with Crippen molar-refractivity contribution in [1.29, 1.82) is 0 Å². The van der Waals surface area contributed by atoms with Crippen LogP contribution in [-0.2, 0) is 0 Å². The number of hydrogen-bond acceptors (Lipinski definition) is 4. The standard InChI is InChI=1S/C12H8N4O2/c17-16(18)9-6-10-11(8-4-2-1-3-5-8)14-15-12(10)13-7-9/h1-7H,(H,13,14,15). The van der Waals surface area contributed by atoms with Crippen molar-refractivity contribution in [2.75, 3.05) is 0 Å². The van der Waals surface area contributed by atoms with E-state index < -0.39 is 4.92 Å². The number of hydrogen-bond donors (Lipinski definition) is 1. The molecule has 6 heteroatoms. The number of aromatic amines is 1. The van der Waals surface area contributed by atoms with Gasteiger partial charge in [0.05, 0.1) is 16.0 Å². The van der Waals surface area contributed by atoms with Gasteiger partial charge in [0.1, 0.15) is 6.20 Å². The molecule has 88 valence electrons. The molecule has 0 bridgehead atoms. The molecule has 0 spiro atoms. The fourth-order valence-electron chi connectivity index (χ4n) is 1.81. The smallest absolute Gasteiger partial charge is 0.275 e. The van der Waals surface area contributed by atoms with Crippen molar-refractivity contribution < 1.29 is 4.92 Å². The van der Waals surface area contributed by atoms with Gasteiger partial charge in [0.2, 0.25) is 0 Å². The number of nitrogens with zero attached hydrogens (tertiary/aromatic N) is 3. The molecule has 0 atom stereocenters. The van der Waals surface area contributed by atoms with Gasteiger partial charge in [0.15, 0.2) is 5.65 Å². The third-order valence-electron chi connectivity index (χ3n) is 2.67. The number of rotatable bonds is 2. The van der Waals surface area contributed by atoms with E-state index in [0.29, 0.717) is 11.0 Å². The third kappa shape index (κ3) is 1.60. The van der Waals surface area contributed by atoms with Crippen molar-refractivity contribution >= 4 is 16.7 Å². The maximum absolute atomic E-state index is 10.7. The van der Waals surface area contributed by atoms with Gasteiger partial charge in [-0.2, -0.15) is 5.10 Å². The summed E-state index contributed by atoms with van der Waals surface area (Å²) in [6, 6.07) is 11.0. The lowest BCUT2D eigenvalue weighted by molar-refractivity contribution is -0.385. The predicted molar refractivity (Wildman–Crippen MR) is 66.0 cm³/mol. The number of benzene rings is 1. The molecular formula is C12H8N4O2. The van der Waals surface area contributed by atoms with E-state index in [-0.39, 0.29) is 5.69 Å². The number of nitro groups is 1. The van der Waals surface area contributed by atoms with E-state index in [1.807, 2.05) is 30.3 Å². The summed E-state index contributed by atoms with van der Waals surface area (Å²) >= 11 is 0. The first-order valence-electron chi connectivity index (χ1n) is 5.29. The first kappa shape index (κ1) is 10.4. The lowest BCUT2D eigenvalue weighted by atomic mass is 10.1. The highest BCUT2D eigenvalue weighted by Crippen LogP contribution is 2.27. The van der Waals surface area contributed by atoms with Crippen LogP contribution in [0.3, 0.4) is 0 Å². The summed E-state index contributed by atoms with van der Waals surface area (Å²) < 4.78 is 0. The minimum Gasteiger partial charge on any atom is -0.275 e. The molecule has 0 saturated heterocycles. The molecular weight excluding hydrogens is 232 g/mol. The van der Waals surface area contributed by atoms with E-state index in [1.54, 1.807) is 0 Å². The number of aromatic nitrogens is 3. The van der Waals surface area contributed by atoms with Crippen molar-refractivity contribution in [3.8, 4) is 11.3 Å². The molecule has 0 unspecified atom stereocenters. The fraction of sp³-hybridized carbons (Fsp3) is 0. The van der Waals surface area contributed by atoms with Crippen LogP contribution in [0.15, 0.2) is 42.6 Å². The molecule has 0 aliphatic heterocycles. The summed E-state index contributed by atoms with van der Waals surface area (Å²) in [6.07, 6.45) is 1.21. The number of pyridine rings is 1. The molecule has 0 amide bonds. The van der Waals surface area contributed by atoms with E-state index in [9.17, 15) is 10.1 Å². The van der Waals surface area contributed by atoms with E-state index in [4.69, 9.17) is 0 Å². The second kappa shape index (κ2) is 3.92. The Labute approximate surface area is 101 Å². The average molecular weight is 240 g/mol.